The van der Waals surface area contributed by atoms with E-state index in [-0.39, 0.29) is 0 Å². The van der Waals surface area contributed by atoms with Gasteiger partial charge in [-0.1, -0.05) is 19.4 Å². The molecule has 114 valence electrons. The average molecular weight is 286 g/mol. The molecule has 0 aromatic rings. The number of carbonyl (C=O) groups is 2. The Hall–Kier alpha value is -1.40. The van der Waals surface area contributed by atoms with Gasteiger partial charge in [0.05, 0.1) is 0 Å². The first-order valence-corrected chi connectivity index (χ1v) is 6.86. The minimum absolute atomic E-state index is 0.324. The van der Waals surface area contributed by atoms with Crippen molar-refractivity contribution >= 4 is 11.9 Å². The summed E-state index contributed by atoms with van der Waals surface area (Å²) in [4.78, 5) is 22.2. The van der Waals surface area contributed by atoms with Crippen molar-refractivity contribution in [3.8, 4) is 0 Å². The van der Waals surface area contributed by atoms with Crippen LogP contribution in [0.15, 0.2) is 12.2 Å². The molecule has 20 heavy (non-hydrogen) atoms. The van der Waals surface area contributed by atoms with Gasteiger partial charge in [0.25, 0.3) is 0 Å². The zero-order chi connectivity index (χ0) is 15.1. The molecular weight excluding hydrogens is 264 g/mol. The number of unbranched alkanes of at least 4 members (excludes halogenated alkanes) is 1. The Morgan fingerprint density at radius 3 is 2.80 bits per heavy atom. The summed E-state index contributed by atoms with van der Waals surface area (Å²) in [6, 6.07) is 0. The molecule has 1 aliphatic heterocycles. The summed E-state index contributed by atoms with van der Waals surface area (Å²) >= 11 is 0. The quantitative estimate of drug-likeness (QED) is 0.669. The molecule has 0 aromatic heterocycles. The van der Waals surface area contributed by atoms with E-state index in [1.807, 2.05) is 6.92 Å². The molecule has 2 N–H and O–H groups in total. The third-order valence-corrected chi connectivity index (χ3v) is 3.16. The smallest absolute Gasteiger partial charge is 0.330 e. The van der Waals surface area contributed by atoms with Crippen molar-refractivity contribution < 1.29 is 29.3 Å². The van der Waals surface area contributed by atoms with E-state index in [1.54, 1.807) is 6.08 Å². The molecule has 1 aliphatic rings. The SMILES string of the molecule is CCCC[C@H](OC(C)=O)[C@@H](O)[C@H](O)[C@H]1CC=CC(=O)O1. The fourth-order valence-electron chi connectivity index (χ4n) is 2.10. The van der Waals surface area contributed by atoms with Crippen LogP contribution in [0.2, 0.25) is 0 Å². The number of aliphatic hydroxyl groups is 2. The van der Waals surface area contributed by atoms with Crippen LogP contribution < -0.4 is 0 Å². The highest BCUT2D eigenvalue weighted by molar-refractivity contribution is 5.82. The zero-order valence-electron chi connectivity index (χ0n) is 11.8. The fourth-order valence-corrected chi connectivity index (χ4v) is 2.10. The van der Waals surface area contributed by atoms with Crippen LogP contribution in [0.1, 0.15) is 39.5 Å². The molecular formula is C14H22O6. The maximum absolute atomic E-state index is 11.1. The predicted molar refractivity (Wildman–Crippen MR) is 70.7 cm³/mol. The second-order valence-corrected chi connectivity index (χ2v) is 4.88. The number of ether oxygens (including phenoxy) is 2. The van der Waals surface area contributed by atoms with E-state index < -0.39 is 36.4 Å². The molecule has 1 heterocycles. The summed E-state index contributed by atoms with van der Waals surface area (Å²) in [5, 5.41) is 20.2. The molecule has 0 unspecified atom stereocenters. The monoisotopic (exact) mass is 286 g/mol. The Morgan fingerprint density at radius 1 is 1.55 bits per heavy atom. The molecule has 0 saturated heterocycles. The summed E-state index contributed by atoms with van der Waals surface area (Å²) in [5.41, 5.74) is 0. The van der Waals surface area contributed by atoms with Crippen molar-refractivity contribution in [3.63, 3.8) is 0 Å². The normalized spacial score (nSPS) is 22.8. The van der Waals surface area contributed by atoms with Crippen LogP contribution in [0.25, 0.3) is 0 Å². The number of aliphatic hydroxyl groups excluding tert-OH is 2. The molecule has 6 nitrogen and oxygen atoms in total. The second-order valence-electron chi connectivity index (χ2n) is 4.88. The third-order valence-electron chi connectivity index (χ3n) is 3.16. The number of esters is 2. The molecule has 0 bridgehead atoms. The minimum atomic E-state index is -1.29. The molecule has 0 saturated carbocycles. The second kappa shape index (κ2) is 8.01. The highest BCUT2D eigenvalue weighted by atomic mass is 16.6. The van der Waals surface area contributed by atoms with Gasteiger partial charge in [-0.2, -0.15) is 0 Å². The van der Waals surface area contributed by atoms with E-state index in [0.29, 0.717) is 12.8 Å². The highest BCUT2D eigenvalue weighted by Gasteiger charge is 2.36. The maximum atomic E-state index is 11.1. The Bertz CT molecular complexity index is 365. The topological polar surface area (TPSA) is 93.1 Å². The number of carbonyl (C=O) groups excluding carboxylic acids is 2. The van der Waals surface area contributed by atoms with Crippen molar-refractivity contribution in [1.29, 1.82) is 0 Å². The lowest BCUT2D eigenvalue weighted by molar-refractivity contribution is -0.172. The summed E-state index contributed by atoms with van der Waals surface area (Å²) in [6.07, 6.45) is 1.08. The third kappa shape index (κ3) is 4.94. The molecule has 1 rings (SSSR count). The summed E-state index contributed by atoms with van der Waals surface area (Å²) in [6.45, 7) is 3.22. The van der Waals surface area contributed by atoms with Crippen molar-refractivity contribution in [1.82, 2.24) is 0 Å². The van der Waals surface area contributed by atoms with E-state index in [1.165, 1.54) is 13.0 Å². The maximum Gasteiger partial charge on any atom is 0.330 e. The highest BCUT2D eigenvalue weighted by Crippen LogP contribution is 2.20. The lowest BCUT2D eigenvalue weighted by atomic mass is 9.96. The van der Waals surface area contributed by atoms with E-state index in [4.69, 9.17) is 9.47 Å². The Labute approximate surface area is 118 Å². The molecule has 0 radical (unpaired) electrons. The van der Waals surface area contributed by atoms with Gasteiger partial charge in [0.15, 0.2) is 0 Å². The van der Waals surface area contributed by atoms with Crippen LogP contribution in [0.3, 0.4) is 0 Å². The number of hydrogen-bond acceptors (Lipinski definition) is 6. The summed E-state index contributed by atoms with van der Waals surface area (Å²) in [7, 11) is 0. The van der Waals surface area contributed by atoms with Crippen LogP contribution in [-0.4, -0.2) is 46.6 Å². The number of hydrogen-bond donors (Lipinski definition) is 2. The first kappa shape index (κ1) is 16.7. The van der Waals surface area contributed by atoms with Crippen LogP contribution >= 0.6 is 0 Å². The molecule has 6 heteroatoms. The fraction of sp³-hybridized carbons (Fsp3) is 0.714. The Kier molecular flexibility index (Phi) is 6.67. The zero-order valence-corrected chi connectivity index (χ0v) is 11.8. The van der Waals surface area contributed by atoms with Gasteiger partial charge in [-0.15, -0.1) is 0 Å². The van der Waals surface area contributed by atoms with Gasteiger partial charge >= 0.3 is 11.9 Å². The van der Waals surface area contributed by atoms with Gasteiger partial charge in [0, 0.05) is 19.4 Å². The van der Waals surface area contributed by atoms with Crippen molar-refractivity contribution in [2.45, 2.75) is 63.9 Å². The van der Waals surface area contributed by atoms with Crippen molar-refractivity contribution in [2.75, 3.05) is 0 Å². The van der Waals surface area contributed by atoms with Gasteiger partial charge in [-0.3, -0.25) is 4.79 Å². The van der Waals surface area contributed by atoms with Gasteiger partial charge in [-0.25, -0.2) is 4.79 Å². The summed E-state index contributed by atoms with van der Waals surface area (Å²) < 4.78 is 10.00. The summed E-state index contributed by atoms with van der Waals surface area (Å²) in [5.74, 6) is -1.07. The number of cyclic esters (lactones) is 1. The van der Waals surface area contributed by atoms with Crippen LogP contribution in [0, 0.1) is 0 Å². The van der Waals surface area contributed by atoms with Gasteiger partial charge < -0.3 is 19.7 Å². The first-order valence-electron chi connectivity index (χ1n) is 6.86. The van der Waals surface area contributed by atoms with Crippen molar-refractivity contribution in [2.24, 2.45) is 0 Å². The lowest BCUT2D eigenvalue weighted by Crippen LogP contribution is -2.47. The molecule has 0 aromatic carbocycles. The van der Waals surface area contributed by atoms with E-state index in [9.17, 15) is 19.8 Å². The molecule has 0 amide bonds. The lowest BCUT2D eigenvalue weighted by Gasteiger charge is -2.31. The van der Waals surface area contributed by atoms with Crippen LogP contribution in [-0.2, 0) is 19.1 Å². The first-order chi connectivity index (χ1) is 9.45. The van der Waals surface area contributed by atoms with Gasteiger partial charge in [0.1, 0.15) is 24.4 Å². The number of rotatable bonds is 7. The van der Waals surface area contributed by atoms with E-state index >= 15 is 0 Å². The predicted octanol–water partition coefficient (Wildman–Crippen LogP) is 0.702. The van der Waals surface area contributed by atoms with E-state index in [2.05, 4.69) is 0 Å². The molecule has 0 spiro atoms. The van der Waals surface area contributed by atoms with Crippen LogP contribution in [0.5, 0.6) is 0 Å². The van der Waals surface area contributed by atoms with Crippen LogP contribution in [0.4, 0.5) is 0 Å². The molecule has 0 aliphatic carbocycles. The molecule has 4 atom stereocenters. The molecule has 0 fully saturated rings. The minimum Gasteiger partial charge on any atom is -0.460 e. The van der Waals surface area contributed by atoms with E-state index in [0.717, 1.165) is 12.8 Å². The average Bonchev–Trinajstić information content (AvgIpc) is 2.41. The standard InChI is InChI=1S/C14H22O6/c1-3-4-6-10(19-9(2)15)13(17)14(18)11-7-5-8-12(16)20-11/h5,8,10-11,13-14,17-18H,3-4,6-7H2,1-2H3/t10-,11+,13+,14+/m0/s1. The van der Waals surface area contributed by atoms with Gasteiger partial charge in [0.2, 0.25) is 0 Å². The largest absolute Gasteiger partial charge is 0.460 e. The van der Waals surface area contributed by atoms with Gasteiger partial charge in [-0.05, 0) is 12.8 Å². The Morgan fingerprint density at radius 2 is 2.25 bits per heavy atom. The van der Waals surface area contributed by atoms with Crippen molar-refractivity contribution in [3.05, 3.63) is 12.2 Å². The Balaban J connectivity index is 2.66.